The van der Waals surface area contributed by atoms with Crippen molar-refractivity contribution in [2.45, 2.75) is 45.3 Å². The van der Waals surface area contributed by atoms with E-state index in [1.807, 2.05) is 35.9 Å². The van der Waals surface area contributed by atoms with Crippen LogP contribution in [0.15, 0.2) is 49.1 Å². The van der Waals surface area contributed by atoms with Gasteiger partial charge in [0.15, 0.2) is 11.5 Å². The van der Waals surface area contributed by atoms with E-state index in [0.29, 0.717) is 30.0 Å². The van der Waals surface area contributed by atoms with Crippen molar-refractivity contribution < 1.29 is 14.3 Å². The molecule has 186 valence electrons. The van der Waals surface area contributed by atoms with Crippen LogP contribution in [0.4, 0.5) is 5.69 Å². The standard InChI is InChI=1S/C25H28N8O3/c1-4-7-20-18(13-27-33(20)19-9-6-5-8-16(19)2)28-24(34)25(35)32-15-17(36-3)12-21(32)23-30-29-22-14-26-10-11-31(22)23/h5-6,8-11,13-14,17,21H,4,7,12,15H2,1-3H3,(H,28,34)/t17-,21+/m1/s1. The lowest BCUT2D eigenvalue weighted by atomic mass is 10.1. The molecule has 2 amide bonds. The second-order valence-corrected chi connectivity index (χ2v) is 8.84. The Hall–Kier alpha value is -4.12. The average Bonchev–Trinajstić information content (AvgIpc) is 3.61. The van der Waals surface area contributed by atoms with Crippen LogP contribution < -0.4 is 5.32 Å². The van der Waals surface area contributed by atoms with Crippen LogP contribution in [0.5, 0.6) is 0 Å². The molecular formula is C25H28N8O3. The van der Waals surface area contributed by atoms with Gasteiger partial charge in [0.05, 0.1) is 41.6 Å². The van der Waals surface area contributed by atoms with Crippen LogP contribution in [-0.4, -0.2) is 65.8 Å². The minimum Gasteiger partial charge on any atom is -0.380 e. The molecule has 3 aromatic heterocycles. The molecule has 1 N–H and O–H groups in total. The Kier molecular flexibility index (Phi) is 6.47. The lowest BCUT2D eigenvalue weighted by molar-refractivity contribution is -0.144. The first-order valence-corrected chi connectivity index (χ1v) is 11.9. The number of amides is 2. The quantitative estimate of drug-likeness (QED) is 0.414. The maximum Gasteiger partial charge on any atom is 0.314 e. The molecule has 4 heterocycles. The van der Waals surface area contributed by atoms with Crippen LogP contribution in [0.25, 0.3) is 11.3 Å². The Morgan fingerprint density at radius 2 is 2.03 bits per heavy atom. The fourth-order valence-electron chi connectivity index (χ4n) is 4.71. The molecule has 1 aromatic carbocycles. The fraction of sp³-hybridized carbons (Fsp3) is 0.360. The summed E-state index contributed by atoms with van der Waals surface area (Å²) in [6.07, 6.45) is 8.39. The number of hydrogen-bond donors (Lipinski definition) is 1. The molecule has 5 rings (SSSR count). The minimum atomic E-state index is -0.728. The van der Waals surface area contributed by atoms with Gasteiger partial charge in [-0.05, 0) is 25.0 Å². The van der Waals surface area contributed by atoms with E-state index in [1.165, 1.54) is 4.90 Å². The number of fused-ring (bicyclic) bond motifs is 1. The third-order valence-electron chi connectivity index (χ3n) is 6.54. The number of ether oxygens (including phenoxy) is 1. The first-order chi connectivity index (χ1) is 17.5. The first kappa shape index (κ1) is 23.6. The molecule has 11 nitrogen and oxygen atoms in total. The van der Waals surface area contributed by atoms with Gasteiger partial charge in [0.1, 0.15) is 0 Å². The summed E-state index contributed by atoms with van der Waals surface area (Å²) in [6.45, 7) is 4.35. The SMILES string of the molecule is CCCc1c(NC(=O)C(=O)N2C[C@H](OC)C[C@H]2c2nnc3cnccn23)cnn1-c1ccccc1C. The molecule has 1 aliphatic heterocycles. The molecule has 0 radical (unpaired) electrons. The smallest absolute Gasteiger partial charge is 0.314 e. The average molecular weight is 489 g/mol. The highest BCUT2D eigenvalue weighted by atomic mass is 16.5. The van der Waals surface area contributed by atoms with Crippen molar-refractivity contribution in [1.82, 2.24) is 34.3 Å². The number of methoxy groups -OCH3 is 1. The summed E-state index contributed by atoms with van der Waals surface area (Å²) in [4.78, 5) is 32.2. The number of nitrogens with zero attached hydrogens (tertiary/aromatic N) is 7. The van der Waals surface area contributed by atoms with E-state index < -0.39 is 17.9 Å². The van der Waals surface area contributed by atoms with Gasteiger partial charge in [0.2, 0.25) is 0 Å². The Morgan fingerprint density at radius 1 is 1.19 bits per heavy atom. The lowest BCUT2D eigenvalue weighted by Crippen LogP contribution is -2.40. The van der Waals surface area contributed by atoms with Crippen LogP contribution in [0.2, 0.25) is 0 Å². The van der Waals surface area contributed by atoms with E-state index in [9.17, 15) is 9.59 Å². The van der Waals surface area contributed by atoms with E-state index in [-0.39, 0.29) is 12.6 Å². The van der Waals surface area contributed by atoms with Crippen molar-refractivity contribution in [2.24, 2.45) is 0 Å². The Morgan fingerprint density at radius 3 is 2.81 bits per heavy atom. The Labute approximate surface area is 208 Å². The van der Waals surface area contributed by atoms with Gasteiger partial charge < -0.3 is 15.0 Å². The third kappa shape index (κ3) is 4.22. The molecule has 0 saturated carbocycles. The van der Waals surface area contributed by atoms with Gasteiger partial charge in [-0.1, -0.05) is 31.5 Å². The van der Waals surface area contributed by atoms with Gasteiger partial charge in [-0.25, -0.2) is 4.68 Å². The number of nitrogens with one attached hydrogen (secondary N) is 1. The molecule has 0 unspecified atom stereocenters. The summed E-state index contributed by atoms with van der Waals surface area (Å²) in [5.41, 5.74) is 3.93. The molecule has 2 atom stereocenters. The van der Waals surface area contributed by atoms with Crippen molar-refractivity contribution in [3.63, 3.8) is 0 Å². The topological polar surface area (TPSA) is 120 Å². The summed E-state index contributed by atoms with van der Waals surface area (Å²) in [5.74, 6) is -0.822. The zero-order valence-corrected chi connectivity index (χ0v) is 20.5. The molecule has 4 aromatic rings. The maximum absolute atomic E-state index is 13.4. The molecule has 11 heteroatoms. The Balaban J connectivity index is 1.42. The third-order valence-corrected chi connectivity index (χ3v) is 6.54. The van der Waals surface area contributed by atoms with Crippen LogP contribution in [0.1, 0.15) is 42.9 Å². The number of likely N-dealkylation sites (tertiary alicyclic amines) is 1. The summed E-state index contributed by atoms with van der Waals surface area (Å²) in [7, 11) is 1.60. The number of aryl methyl sites for hydroxylation is 1. The van der Waals surface area contributed by atoms with E-state index in [2.05, 4.69) is 32.5 Å². The van der Waals surface area contributed by atoms with E-state index in [4.69, 9.17) is 4.74 Å². The number of carbonyl (C=O) groups excluding carboxylic acids is 2. The number of para-hydroxylation sites is 1. The number of benzene rings is 1. The summed E-state index contributed by atoms with van der Waals surface area (Å²) < 4.78 is 9.14. The predicted octanol–water partition coefficient (Wildman–Crippen LogP) is 2.50. The van der Waals surface area contributed by atoms with Crippen molar-refractivity contribution in [2.75, 3.05) is 19.0 Å². The maximum atomic E-state index is 13.4. The highest BCUT2D eigenvalue weighted by Gasteiger charge is 2.41. The largest absolute Gasteiger partial charge is 0.380 e. The molecule has 0 bridgehead atoms. The molecule has 1 saturated heterocycles. The number of hydrogen-bond acceptors (Lipinski definition) is 7. The molecular weight excluding hydrogens is 460 g/mol. The highest BCUT2D eigenvalue weighted by Crippen LogP contribution is 2.33. The molecule has 1 fully saturated rings. The van der Waals surface area contributed by atoms with Crippen molar-refractivity contribution in [3.8, 4) is 5.69 Å². The van der Waals surface area contributed by atoms with Gasteiger partial charge >= 0.3 is 11.8 Å². The lowest BCUT2D eigenvalue weighted by Gasteiger charge is -2.22. The number of aromatic nitrogens is 6. The first-order valence-electron chi connectivity index (χ1n) is 11.9. The zero-order valence-electron chi connectivity index (χ0n) is 20.5. The van der Waals surface area contributed by atoms with Crippen LogP contribution >= 0.6 is 0 Å². The van der Waals surface area contributed by atoms with Crippen LogP contribution in [-0.2, 0) is 20.7 Å². The van der Waals surface area contributed by atoms with Crippen LogP contribution in [0.3, 0.4) is 0 Å². The van der Waals surface area contributed by atoms with Gasteiger partial charge in [-0.15, -0.1) is 10.2 Å². The molecule has 0 spiro atoms. The number of anilines is 1. The Bertz CT molecular complexity index is 1410. The fourth-order valence-corrected chi connectivity index (χ4v) is 4.71. The van der Waals surface area contributed by atoms with Crippen molar-refractivity contribution >= 4 is 23.1 Å². The second-order valence-electron chi connectivity index (χ2n) is 8.84. The van der Waals surface area contributed by atoms with E-state index in [1.54, 1.807) is 36.3 Å². The highest BCUT2D eigenvalue weighted by molar-refractivity contribution is 6.39. The summed E-state index contributed by atoms with van der Waals surface area (Å²) >= 11 is 0. The second kappa shape index (κ2) is 9.86. The minimum absolute atomic E-state index is 0.222. The summed E-state index contributed by atoms with van der Waals surface area (Å²) in [6, 6.07) is 7.45. The number of carbonyl (C=O) groups is 2. The zero-order chi connectivity index (χ0) is 25.2. The van der Waals surface area contributed by atoms with Crippen molar-refractivity contribution in [1.29, 1.82) is 0 Å². The van der Waals surface area contributed by atoms with Gasteiger partial charge in [0, 0.05) is 32.5 Å². The monoisotopic (exact) mass is 488 g/mol. The van der Waals surface area contributed by atoms with Crippen LogP contribution in [0, 0.1) is 6.92 Å². The van der Waals surface area contributed by atoms with E-state index in [0.717, 1.165) is 23.4 Å². The molecule has 0 aliphatic carbocycles. The predicted molar refractivity (Wildman–Crippen MR) is 132 cm³/mol. The summed E-state index contributed by atoms with van der Waals surface area (Å²) in [5, 5.41) is 15.8. The number of rotatable bonds is 6. The van der Waals surface area contributed by atoms with Gasteiger partial charge in [0.25, 0.3) is 0 Å². The van der Waals surface area contributed by atoms with Crippen molar-refractivity contribution in [3.05, 3.63) is 66.1 Å². The molecule has 36 heavy (non-hydrogen) atoms. The normalized spacial score (nSPS) is 17.6. The van der Waals surface area contributed by atoms with Gasteiger partial charge in [-0.2, -0.15) is 5.10 Å². The van der Waals surface area contributed by atoms with Gasteiger partial charge in [-0.3, -0.25) is 19.0 Å². The molecule has 1 aliphatic rings. The van der Waals surface area contributed by atoms with E-state index >= 15 is 0 Å².